The maximum Gasteiger partial charge on any atom is 0.179 e. The summed E-state index contributed by atoms with van der Waals surface area (Å²) in [5, 5.41) is 14.9. The van der Waals surface area contributed by atoms with Gasteiger partial charge in [0.2, 0.25) is 0 Å². The van der Waals surface area contributed by atoms with Crippen molar-refractivity contribution in [2.24, 2.45) is 0 Å². The Hall–Kier alpha value is -6.62. The number of hydrogen-bond acceptors (Lipinski definition) is 2. The molecule has 12 rings (SSSR count). The smallest absolute Gasteiger partial charge is 0.179 e. The molecule has 0 radical (unpaired) electrons. The van der Waals surface area contributed by atoms with E-state index in [1.54, 1.807) is 0 Å². The molecule has 0 fully saturated rings. The topological polar surface area (TPSA) is 30.7 Å². The second kappa shape index (κ2) is 10.2. The van der Waals surface area contributed by atoms with E-state index in [1.165, 1.54) is 58.7 Å². The summed E-state index contributed by atoms with van der Waals surface area (Å²) in [6.07, 6.45) is 0. The zero-order valence-corrected chi connectivity index (χ0v) is 29.0. The molecule has 0 aliphatic heterocycles. The normalized spacial score (nSPS) is 12.6. The predicted molar refractivity (Wildman–Crippen MR) is 219 cm³/mol. The van der Waals surface area contributed by atoms with Gasteiger partial charge in [0.1, 0.15) is 22.3 Å². The third-order valence-corrected chi connectivity index (χ3v) is 16.2. The minimum atomic E-state index is -2.75. The fraction of sp³-hybridized carbons (Fsp3) is 0. The molecule has 0 spiro atoms. The molecular weight excluding hydrogens is 651 g/mol. The molecule has 0 unspecified atom stereocenters. The van der Waals surface area contributed by atoms with Gasteiger partial charge in [-0.15, -0.1) is 0 Å². The largest absolute Gasteiger partial charge is 0.456 e. The van der Waals surface area contributed by atoms with Crippen molar-refractivity contribution >= 4 is 111 Å². The maximum absolute atomic E-state index is 6.69. The van der Waals surface area contributed by atoms with Gasteiger partial charge in [0.25, 0.3) is 0 Å². The lowest BCUT2D eigenvalue weighted by molar-refractivity contribution is 0.669. The van der Waals surface area contributed by atoms with Crippen molar-refractivity contribution in [3.05, 3.63) is 176 Å². The first-order chi connectivity index (χ1) is 25.8. The Morgan fingerprint density at radius 2 is 0.904 bits per heavy atom. The first kappa shape index (κ1) is 28.1. The fourth-order valence-electron chi connectivity index (χ4n) is 9.34. The van der Waals surface area contributed by atoms with Crippen LogP contribution in [0, 0.1) is 0 Å². The van der Waals surface area contributed by atoms with Crippen molar-refractivity contribution in [3.63, 3.8) is 0 Å². The van der Waals surface area contributed by atoms with Gasteiger partial charge in [-0.05, 0) is 51.1 Å². The van der Waals surface area contributed by atoms with E-state index in [0.29, 0.717) is 0 Å². The monoisotopic (exact) mass is 679 g/mol. The Bertz CT molecular complexity index is 3240. The van der Waals surface area contributed by atoms with Crippen molar-refractivity contribution in [2.45, 2.75) is 0 Å². The highest BCUT2D eigenvalue weighted by atomic mass is 28.3. The third-order valence-electron chi connectivity index (χ3n) is 11.5. The average molecular weight is 680 g/mol. The van der Waals surface area contributed by atoms with E-state index in [2.05, 4.69) is 174 Å². The number of rotatable bonds is 4. The zero-order valence-electron chi connectivity index (χ0n) is 28.0. The van der Waals surface area contributed by atoms with Crippen molar-refractivity contribution in [1.29, 1.82) is 0 Å². The number of fused-ring (bicyclic) bond motifs is 13. The fourth-order valence-corrected chi connectivity index (χ4v) is 14.1. The number of furan rings is 2. The van der Waals surface area contributed by atoms with Crippen molar-refractivity contribution in [1.82, 2.24) is 4.40 Å². The van der Waals surface area contributed by atoms with Gasteiger partial charge in [0.05, 0.1) is 16.6 Å². The summed E-state index contributed by atoms with van der Waals surface area (Å²) in [7, 11) is -2.75. The van der Waals surface area contributed by atoms with Gasteiger partial charge in [0.15, 0.2) is 8.07 Å². The van der Waals surface area contributed by atoms with E-state index < -0.39 is 8.07 Å². The van der Waals surface area contributed by atoms with Crippen LogP contribution in [-0.2, 0) is 0 Å². The summed E-state index contributed by atoms with van der Waals surface area (Å²) in [6, 6.07) is 64.4. The molecule has 242 valence electrons. The van der Waals surface area contributed by atoms with E-state index in [9.17, 15) is 0 Å². The second-order valence-corrected chi connectivity index (χ2v) is 17.8. The highest BCUT2D eigenvalue weighted by Crippen LogP contribution is 2.47. The quantitative estimate of drug-likeness (QED) is 0.137. The lowest BCUT2D eigenvalue weighted by atomic mass is 10.0. The Labute approximate surface area is 298 Å². The van der Waals surface area contributed by atoms with Crippen LogP contribution < -0.4 is 20.7 Å². The molecule has 0 amide bonds. The summed E-state index contributed by atoms with van der Waals surface area (Å²) < 4.78 is 15.7. The molecule has 0 N–H and O–H groups in total. The SMILES string of the molecule is c1ccc([Si](c2ccccc2)(c2ccccc2)c2ccc3c(c2)c2cc4oc5ccccc5c4c4c5cc6c(cc5n3c24)oc2ccccc26)cc1. The summed E-state index contributed by atoms with van der Waals surface area (Å²) >= 11 is 0. The Morgan fingerprint density at radius 1 is 0.327 bits per heavy atom. The van der Waals surface area contributed by atoms with Crippen LogP contribution in [0.2, 0.25) is 0 Å². The molecule has 3 nitrogen and oxygen atoms in total. The van der Waals surface area contributed by atoms with E-state index >= 15 is 0 Å². The predicted octanol–water partition coefficient (Wildman–Crippen LogP) is 10.0. The number of nitrogens with zero attached hydrogens (tertiary/aromatic N) is 1. The summed E-state index contributed by atoms with van der Waals surface area (Å²) in [4.78, 5) is 0. The molecule has 0 saturated heterocycles. The van der Waals surface area contributed by atoms with Crippen LogP contribution in [0.4, 0.5) is 0 Å². The lowest BCUT2D eigenvalue weighted by Gasteiger charge is -2.34. The molecule has 4 heterocycles. The van der Waals surface area contributed by atoms with Crippen LogP contribution in [0.3, 0.4) is 0 Å². The molecule has 0 saturated carbocycles. The Balaban J connectivity index is 1.27. The van der Waals surface area contributed by atoms with Crippen molar-refractivity contribution < 1.29 is 8.83 Å². The van der Waals surface area contributed by atoms with Crippen molar-refractivity contribution in [3.8, 4) is 0 Å². The number of para-hydroxylation sites is 2. The average Bonchev–Trinajstić information content (AvgIpc) is 3.94. The standard InChI is InChI=1S/C48H29NO2Si/c1-4-14-30(15-5-1)52(31-16-6-2-7-17-31,32-18-8-3-9-19-32)33-24-25-40-36(26-33)38-28-45-46(35-21-11-13-23-43(35)51-45)47-39-27-37-34-20-10-12-22-42(34)50-44(37)29-41(39)49(40)48(38)47/h1-29H. The minimum Gasteiger partial charge on any atom is -0.456 e. The highest BCUT2D eigenvalue weighted by Gasteiger charge is 2.41. The van der Waals surface area contributed by atoms with E-state index in [1.807, 2.05) is 6.07 Å². The molecule has 0 atom stereocenters. The lowest BCUT2D eigenvalue weighted by Crippen LogP contribution is -2.74. The Morgan fingerprint density at radius 3 is 1.58 bits per heavy atom. The number of benzene rings is 8. The molecule has 0 aliphatic carbocycles. The summed E-state index contributed by atoms with van der Waals surface area (Å²) in [5.41, 5.74) is 7.18. The second-order valence-electron chi connectivity index (χ2n) is 14.0. The Kier molecular flexibility index (Phi) is 5.53. The highest BCUT2D eigenvalue weighted by molar-refractivity contribution is 7.20. The molecule has 0 aliphatic rings. The van der Waals surface area contributed by atoms with Gasteiger partial charge < -0.3 is 13.2 Å². The van der Waals surface area contributed by atoms with Crippen LogP contribution in [-0.4, -0.2) is 12.5 Å². The molecule has 52 heavy (non-hydrogen) atoms. The number of aromatic nitrogens is 1. The van der Waals surface area contributed by atoms with Gasteiger partial charge in [-0.2, -0.15) is 0 Å². The van der Waals surface area contributed by atoms with E-state index in [0.717, 1.165) is 44.0 Å². The van der Waals surface area contributed by atoms with Gasteiger partial charge >= 0.3 is 0 Å². The van der Waals surface area contributed by atoms with Crippen LogP contribution in [0.25, 0.3) is 82.0 Å². The molecule has 12 aromatic rings. The van der Waals surface area contributed by atoms with Crippen molar-refractivity contribution in [2.75, 3.05) is 0 Å². The molecule has 4 aromatic heterocycles. The molecule has 8 aromatic carbocycles. The number of hydrogen-bond donors (Lipinski definition) is 0. The van der Waals surface area contributed by atoms with Crippen LogP contribution in [0.1, 0.15) is 0 Å². The minimum absolute atomic E-state index is 0.899. The molecule has 4 heteroatoms. The van der Waals surface area contributed by atoms with Crippen LogP contribution in [0.5, 0.6) is 0 Å². The summed E-state index contributed by atoms with van der Waals surface area (Å²) in [6.45, 7) is 0. The van der Waals surface area contributed by atoms with Gasteiger partial charge in [-0.3, -0.25) is 0 Å². The first-order valence-corrected chi connectivity index (χ1v) is 19.8. The molecular formula is C48H29NO2Si. The van der Waals surface area contributed by atoms with E-state index in [4.69, 9.17) is 8.83 Å². The zero-order chi connectivity index (χ0) is 34.0. The van der Waals surface area contributed by atoms with Crippen LogP contribution in [0.15, 0.2) is 185 Å². The van der Waals surface area contributed by atoms with Gasteiger partial charge in [0, 0.05) is 49.2 Å². The summed E-state index contributed by atoms with van der Waals surface area (Å²) in [5.74, 6) is 0. The van der Waals surface area contributed by atoms with Gasteiger partial charge in [-0.25, -0.2) is 0 Å². The van der Waals surface area contributed by atoms with E-state index in [-0.39, 0.29) is 0 Å². The maximum atomic E-state index is 6.69. The first-order valence-electron chi connectivity index (χ1n) is 17.8. The molecule has 0 bridgehead atoms. The van der Waals surface area contributed by atoms with Crippen LogP contribution >= 0.6 is 0 Å². The third kappa shape index (κ3) is 3.54. The van der Waals surface area contributed by atoms with Gasteiger partial charge in [-0.1, -0.05) is 140 Å².